The number of benzene rings is 1. The molecule has 2 atom stereocenters. The highest BCUT2D eigenvalue weighted by atomic mass is 16.3. The van der Waals surface area contributed by atoms with Gasteiger partial charge in [0.05, 0.1) is 0 Å². The lowest BCUT2D eigenvalue weighted by atomic mass is 10.1. The number of likely N-dealkylation sites (tertiary alicyclic amines) is 1. The standard InChI is InChI=1S/C17H22N2O3/c1-12-2-4-14(5-3-12)19-9-7-15(17(19)22)16(21)18-8-6-13(10-18)11-20/h2-5,13,15,20H,6-11H2,1H3. The summed E-state index contributed by atoms with van der Waals surface area (Å²) in [4.78, 5) is 28.6. The molecule has 5 nitrogen and oxygen atoms in total. The van der Waals surface area contributed by atoms with Crippen LogP contribution in [-0.4, -0.2) is 48.1 Å². The van der Waals surface area contributed by atoms with Crippen molar-refractivity contribution < 1.29 is 14.7 Å². The van der Waals surface area contributed by atoms with E-state index in [2.05, 4.69) is 0 Å². The zero-order chi connectivity index (χ0) is 15.7. The third-order valence-electron chi connectivity index (χ3n) is 4.70. The van der Waals surface area contributed by atoms with Gasteiger partial charge in [0.25, 0.3) is 0 Å². The summed E-state index contributed by atoms with van der Waals surface area (Å²) in [5.74, 6) is -0.565. The van der Waals surface area contributed by atoms with Gasteiger partial charge in [0.15, 0.2) is 0 Å². The van der Waals surface area contributed by atoms with Crippen LogP contribution in [0.2, 0.25) is 0 Å². The van der Waals surface area contributed by atoms with Crippen LogP contribution in [0.5, 0.6) is 0 Å². The van der Waals surface area contributed by atoms with Gasteiger partial charge in [-0.05, 0) is 31.9 Å². The molecule has 22 heavy (non-hydrogen) atoms. The number of aliphatic hydroxyl groups excluding tert-OH is 1. The molecule has 2 unspecified atom stereocenters. The highest BCUT2D eigenvalue weighted by Gasteiger charge is 2.41. The van der Waals surface area contributed by atoms with Gasteiger partial charge in [0, 0.05) is 37.8 Å². The van der Waals surface area contributed by atoms with E-state index in [4.69, 9.17) is 0 Å². The van der Waals surface area contributed by atoms with Gasteiger partial charge in [-0.1, -0.05) is 17.7 Å². The van der Waals surface area contributed by atoms with E-state index in [9.17, 15) is 14.7 Å². The average Bonchev–Trinajstić information content (AvgIpc) is 3.14. The summed E-state index contributed by atoms with van der Waals surface area (Å²) in [7, 11) is 0. The van der Waals surface area contributed by atoms with E-state index in [1.54, 1.807) is 9.80 Å². The minimum atomic E-state index is -0.557. The molecule has 2 saturated heterocycles. The number of carbonyl (C=O) groups is 2. The number of nitrogens with zero attached hydrogens (tertiary/aromatic N) is 2. The van der Waals surface area contributed by atoms with Crippen LogP contribution >= 0.6 is 0 Å². The maximum absolute atomic E-state index is 12.6. The molecule has 2 aliphatic heterocycles. The van der Waals surface area contributed by atoms with Crippen molar-refractivity contribution in [3.05, 3.63) is 29.8 Å². The highest BCUT2D eigenvalue weighted by molar-refractivity contribution is 6.09. The number of anilines is 1. The maximum Gasteiger partial charge on any atom is 0.239 e. The number of aryl methyl sites for hydroxylation is 1. The summed E-state index contributed by atoms with van der Waals surface area (Å²) in [6.07, 6.45) is 1.40. The fourth-order valence-corrected chi connectivity index (χ4v) is 3.29. The summed E-state index contributed by atoms with van der Waals surface area (Å²) < 4.78 is 0. The second-order valence-electron chi connectivity index (χ2n) is 6.29. The number of hydrogen-bond acceptors (Lipinski definition) is 3. The topological polar surface area (TPSA) is 60.9 Å². The van der Waals surface area contributed by atoms with E-state index in [0.717, 1.165) is 17.7 Å². The molecule has 2 heterocycles. The second kappa shape index (κ2) is 6.08. The van der Waals surface area contributed by atoms with Crippen LogP contribution in [0.25, 0.3) is 0 Å². The summed E-state index contributed by atoms with van der Waals surface area (Å²) in [6.45, 7) is 3.93. The van der Waals surface area contributed by atoms with Crippen LogP contribution in [0.3, 0.4) is 0 Å². The molecule has 118 valence electrons. The Labute approximate surface area is 130 Å². The average molecular weight is 302 g/mol. The predicted molar refractivity (Wildman–Crippen MR) is 83.4 cm³/mol. The molecule has 2 amide bonds. The first-order valence-corrected chi connectivity index (χ1v) is 7.88. The molecule has 1 aromatic carbocycles. The van der Waals surface area contributed by atoms with E-state index in [-0.39, 0.29) is 24.3 Å². The van der Waals surface area contributed by atoms with Crippen molar-refractivity contribution in [1.82, 2.24) is 4.90 Å². The lowest BCUT2D eigenvalue weighted by molar-refractivity contribution is -0.139. The molecule has 0 bridgehead atoms. The lowest BCUT2D eigenvalue weighted by Crippen LogP contribution is -2.39. The largest absolute Gasteiger partial charge is 0.396 e. The van der Waals surface area contributed by atoms with Gasteiger partial charge < -0.3 is 14.9 Å². The van der Waals surface area contributed by atoms with Crippen LogP contribution in [0.1, 0.15) is 18.4 Å². The molecular formula is C17H22N2O3. The van der Waals surface area contributed by atoms with Crippen LogP contribution in [0.15, 0.2) is 24.3 Å². The third-order valence-corrected chi connectivity index (χ3v) is 4.70. The van der Waals surface area contributed by atoms with Crippen LogP contribution in [-0.2, 0) is 9.59 Å². The first-order valence-electron chi connectivity index (χ1n) is 7.88. The third kappa shape index (κ3) is 2.73. The summed E-state index contributed by atoms with van der Waals surface area (Å²) in [5, 5.41) is 9.18. The fourth-order valence-electron chi connectivity index (χ4n) is 3.29. The molecule has 3 rings (SSSR count). The molecule has 2 fully saturated rings. The molecule has 0 radical (unpaired) electrons. The molecule has 0 aliphatic carbocycles. The normalized spacial score (nSPS) is 25.1. The first kappa shape index (κ1) is 15.0. The predicted octanol–water partition coefficient (Wildman–Crippen LogP) is 1.19. The number of amides is 2. The van der Waals surface area contributed by atoms with E-state index < -0.39 is 5.92 Å². The summed E-state index contributed by atoms with van der Waals surface area (Å²) >= 11 is 0. The lowest BCUT2D eigenvalue weighted by Gasteiger charge is -2.21. The summed E-state index contributed by atoms with van der Waals surface area (Å²) in [5.41, 5.74) is 2.01. The molecule has 0 spiro atoms. The molecule has 2 aliphatic rings. The van der Waals surface area contributed by atoms with Gasteiger partial charge in [-0.3, -0.25) is 9.59 Å². The Balaban J connectivity index is 1.68. The Kier molecular flexibility index (Phi) is 4.16. The Hall–Kier alpha value is -1.88. The number of hydrogen-bond donors (Lipinski definition) is 1. The van der Waals surface area contributed by atoms with Crippen molar-refractivity contribution in [2.24, 2.45) is 11.8 Å². The van der Waals surface area contributed by atoms with E-state index in [0.29, 0.717) is 26.1 Å². The first-order chi connectivity index (χ1) is 10.6. The van der Waals surface area contributed by atoms with Gasteiger partial charge >= 0.3 is 0 Å². The Morgan fingerprint density at radius 1 is 1.23 bits per heavy atom. The minimum Gasteiger partial charge on any atom is -0.396 e. The van der Waals surface area contributed by atoms with E-state index >= 15 is 0 Å². The zero-order valence-corrected chi connectivity index (χ0v) is 12.9. The van der Waals surface area contributed by atoms with Gasteiger partial charge in [0.2, 0.25) is 11.8 Å². The van der Waals surface area contributed by atoms with Crippen LogP contribution in [0.4, 0.5) is 5.69 Å². The van der Waals surface area contributed by atoms with Crippen LogP contribution in [0, 0.1) is 18.8 Å². The molecule has 1 N–H and O–H groups in total. The summed E-state index contributed by atoms with van der Waals surface area (Å²) in [6, 6.07) is 7.81. The zero-order valence-electron chi connectivity index (χ0n) is 12.9. The molecule has 0 aromatic heterocycles. The molecule has 5 heteroatoms. The molecular weight excluding hydrogens is 280 g/mol. The van der Waals surface area contributed by atoms with Crippen molar-refractivity contribution in [3.8, 4) is 0 Å². The Bertz CT molecular complexity index is 570. The highest BCUT2D eigenvalue weighted by Crippen LogP contribution is 2.28. The van der Waals surface area contributed by atoms with Crippen molar-refractivity contribution >= 4 is 17.5 Å². The van der Waals surface area contributed by atoms with Crippen molar-refractivity contribution in [1.29, 1.82) is 0 Å². The number of carbonyl (C=O) groups excluding carboxylic acids is 2. The van der Waals surface area contributed by atoms with Gasteiger partial charge in [0.1, 0.15) is 5.92 Å². The Morgan fingerprint density at radius 3 is 2.59 bits per heavy atom. The van der Waals surface area contributed by atoms with E-state index in [1.165, 1.54) is 0 Å². The van der Waals surface area contributed by atoms with Crippen molar-refractivity contribution in [3.63, 3.8) is 0 Å². The molecule has 1 aromatic rings. The number of rotatable bonds is 3. The fraction of sp³-hybridized carbons (Fsp3) is 0.529. The van der Waals surface area contributed by atoms with Gasteiger partial charge in [-0.25, -0.2) is 0 Å². The second-order valence-corrected chi connectivity index (χ2v) is 6.29. The molecule has 0 saturated carbocycles. The quantitative estimate of drug-likeness (QED) is 0.853. The van der Waals surface area contributed by atoms with E-state index in [1.807, 2.05) is 31.2 Å². The maximum atomic E-state index is 12.6. The Morgan fingerprint density at radius 2 is 1.95 bits per heavy atom. The van der Waals surface area contributed by atoms with Crippen molar-refractivity contribution in [2.75, 3.05) is 31.1 Å². The smallest absolute Gasteiger partial charge is 0.239 e. The van der Waals surface area contributed by atoms with Crippen molar-refractivity contribution in [2.45, 2.75) is 19.8 Å². The van der Waals surface area contributed by atoms with Gasteiger partial charge in [-0.2, -0.15) is 0 Å². The number of aliphatic hydroxyl groups is 1. The monoisotopic (exact) mass is 302 g/mol. The van der Waals surface area contributed by atoms with Crippen LogP contribution < -0.4 is 4.90 Å². The minimum absolute atomic E-state index is 0.0736. The van der Waals surface area contributed by atoms with Gasteiger partial charge in [-0.15, -0.1) is 0 Å². The SMILES string of the molecule is Cc1ccc(N2CCC(C(=O)N3CCC(CO)C3)C2=O)cc1.